The maximum Gasteiger partial charge on any atom is 0.0113 e. The maximum absolute atomic E-state index is 5.09. The molecule has 0 radical (unpaired) electrons. The van der Waals surface area contributed by atoms with E-state index in [2.05, 4.69) is 17.9 Å². The third-order valence-electron chi connectivity index (χ3n) is 2.76. The monoisotopic (exact) mass is 215 g/mol. The van der Waals surface area contributed by atoms with E-state index in [9.17, 15) is 0 Å². The second kappa shape index (κ2) is 13.9. The van der Waals surface area contributed by atoms with Crippen molar-refractivity contribution in [1.29, 1.82) is 0 Å². The van der Waals surface area contributed by atoms with E-state index >= 15 is 0 Å². The zero-order valence-electron chi connectivity index (χ0n) is 10.4. The Morgan fingerprint density at radius 1 is 0.733 bits per heavy atom. The van der Waals surface area contributed by atoms with E-state index in [-0.39, 0.29) is 0 Å². The number of nitrogens with two attached hydrogens (primary N) is 1. The average Bonchev–Trinajstić information content (AvgIpc) is 2.26. The van der Waals surface area contributed by atoms with Crippen LogP contribution in [-0.2, 0) is 0 Å². The molecule has 0 aromatic rings. The minimum Gasteiger partial charge on any atom is -0.258 e. The lowest BCUT2D eigenvalue weighted by molar-refractivity contribution is 0.506. The van der Waals surface area contributed by atoms with Crippen LogP contribution in [0.2, 0.25) is 0 Å². The highest BCUT2D eigenvalue weighted by atomic mass is 15.5. The Bertz CT molecular complexity index is 95.0. The Labute approximate surface area is 95.1 Å². The molecular weight excluding hydrogens is 186 g/mol. The van der Waals surface area contributed by atoms with Crippen molar-refractivity contribution in [3.63, 3.8) is 0 Å². The molecule has 0 aromatic heterocycles. The lowest BCUT2D eigenvalue weighted by Gasteiger charge is -2.03. The molecule has 0 aliphatic rings. The molecular formula is C12H29N3. The molecule has 0 aromatic carbocycles. The van der Waals surface area contributed by atoms with Crippen LogP contribution in [0.4, 0.5) is 0 Å². The van der Waals surface area contributed by atoms with Gasteiger partial charge in [-0.1, -0.05) is 64.7 Å². The molecule has 0 rings (SSSR count). The first-order valence-corrected chi connectivity index (χ1v) is 6.60. The first kappa shape index (κ1) is 14.9. The number of unbranched alkanes of at least 4 members (excludes halogenated alkanes) is 9. The van der Waals surface area contributed by atoms with Crippen molar-refractivity contribution >= 4 is 0 Å². The van der Waals surface area contributed by atoms with Crippen molar-refractivity contribution in [2.75, 3.05) is 6.54 Å². The van der Waals surface area contributed by atoms with Gasteiger partial charge in [0.15, 0.2) is 0 Å². The molecule has 3 heteroatoms. The number of rotatable bonds is 12. The molecule has 0 amide bonds. The summed E-state index contributed by atoms with van der Waals surface area (Å²) in [6.45, 7) is 3.25. The summed E-state index contributed by atoms with van der Waals surface area (Å²) in [6, 6.07) is 0. The van der Waals surface area contributed by atoms with E-state index in [4.69, 9.17) is 5.84 Å². The highest BCUT2D eigenvalue weighted by Gasteiger charge is 1.91. The molecule has 0 fully saturated rings. The first-order valence-electron chi connectivity index (χ1n) is 6.60. The van der Waals surface area contributed by atoms with E-state index in [1.54, 1.807) is 0 Å². The number of nitrogens with one attached hydrogen (secondary N) is 2. The maximum atomic E-state index is 5.09. The fourth-order valence-electron chi connectivity index (χ4n) is 1.77. The van der Waals surface area contributed by atoms with Gasteiger partial charge in [-0.2, -0.15) is 5.53 Å². The molecule has 0 saturated heterocycles. The van der Waals surface area contributed by atoms with Crippen molar-refractivity contribution in [3.05, 3.63) is 0 Å². The highest BCUT2D eigenvalue weighted by molar-refractivity contribution is 4.48. The van der Waals surface area contributed by atoms with Gasteiger partial charge in [-0.25, -0.2) is 5.43 Å². The summed E-state index contributed by atoms with van der Waals surface area (Å²) in [4.78, 5) is 0. The summed E-state index contributed by atoms with van der Waals surface area (Å²) in [5.41, 5.74) is 5.35. The SMILES string of the molecule is CCCCCCCCCCCCNNN. The molecule has 0 unspecified atom stereocenters. The van der Waals surface area contributed by atoms with Crippen molar-refractivity contribution in [2.24, 2.45) is 5.84 Å². The molecule has 0 saturated carbocycles. The van der Waals surface area contributed by atoms with Gasteiger partial charge < -0.3 is 0 Å². The Hall–Kier alpha value is -0.120. The molecule has 0 heterocycles. The molecule has 0 aliphatic heterocycles. The van der Waals surface area contributed by atoms with E-state index in [1.165, 1.54) is 64.2 Å². The van der Waals surface area contributed by atoms with Gasteiger partial charge in [0.2, 0.25) is 0 Å². The topological polar surface area (TPSA) is 50.1 Å². The zero-order chi connectivity index (χ0) is 11.2. The van der Waals surface area contributed by atoms with Crippen molar-refractivity contribution in [1.82, 2.24) is 11.0 Å². The summed E-state index contributed by atoms with van der Waals surface area (Å²) >= 11 is 0. The van der Waals surface area contributed by atoms with Gasteiger partial charge in [0, 0.05) is 6.54 Å². The van der Waals surface area contributed by atoms with Crippen molar-refractivity contribution in [2.45, 2.75) is 71.1 Å². The van der Waals surface area contributed by atoms with Crippen molar-refractivity contribution in [3.8, 4) is 0 Å². The van der Waals surface area contributed by atoms with Crippen LogP contribution in [0.3, 0.4) is 0 Å². The van der Waals surface area contributed by atoms with Crippen LogP contribution < -0.4 is 16.8 Å². The van der Waals surface area contributed by atoms with Crippen LogP contribution in [-0.4, -0.2) is 6.54 Å². The number of hydrazine groups is 2. The minimum atomic E-state index is 0.979. The Kier molecular flexibility index (Phi) is 13.8. The highest BCUT2D eigenvalue weighted by Crippen LogP contribution is 2.09. The Balaban J connectivity index is 2.81. The van der Waals surface area contributed by atoms with Gasteiger partial charge in [-0.15, -0.1) is 0 Å². The second-order valence-electron chi connectivity index (χ2n) is 4.25. The fraction of sp³-hybridized carbons (Fsp3) is 1.00. The lowest BCUT2D eigenvalue weighted by Crippen LogP contribution is -2.38. The van der Waals surface area contributed by atoms with E-state index in [0.717, 1.165) is 6.54 Å². The number of hydrogen-bond acceptors (Lipinski definition) is 3. The van der Waals surface area contributed by atoms with Crippen LogP contribution in [0.1, 0.15) is 71.1 Å². The van der Waals surface area contributed by atoms with Crippen LogP contribution >= 0.6 is 0 Å². The second-order valence-corrected chi connectivity index (χ2v) is 4.25. The molecule has 0 atom stereocenters. The molecule has 92 valence electrons. The summed E-state index contributed by atoms with van der Waals surface area (Å²) in [7, 11) is 0. The minimum absolute atomic E-state index is 0.979. The third kappa shape index (κ3) is 13.9. The van der Waals surface area contributed by atoms with Crippen LogP contribution in [0.5, 0.6) is 0 Å². The molecule has 0 aliphatic carbocycles. The summed E-state index contributed by atoms with van der Waals surface area (Å²) in [5, 5.41) is 0. The fourth-order valence-corrected chi connectivity index (χ4v) is 1.77. The van der Waals surface area contributed by atoms with Gasteiger partial charge in [0.05, 0.1) is 0 Å². The quantitative estimate of drug-likeness (QED) is 0.266. The van der Waals surface area contributed by atoms with Crippen LogP contribution in [0.25, 0.3) is 0 Å². The molecule has 15 heavy (non-hydrogen) atoms. The average molecular weight is 215 g/mol. The molecule has 4 N–H and O–H groups in total. The Morgan fingerprint density at radius 2 is 1.20 bits per heavy atom. The summed E-state index contributed by atoms with van der Waals surface area (Å²) in [5.74, 6) is 5.09. The standard InChI is InChI=1S/C12H29N3/c1-2-3-4-5-6-7-8-9-10-11-12-14-15-13/h14-15H,2-13H2,1H3. The largest absolute Gasteiger partial charge is 0.258 e. The van der Waals surface area contributed by atoms with Gasteiger partial charge in [-0.05, 0) is 6.42 Å². The lowest BCUT2D eigenvalue weighted by atomic mass is 10.1. The van der Waals surface area contributed by atoms with Crippen molar-refractivity contribution < 1.29 is 0 Å². The van der Waals surface area contributed by atoms with Gasteiger partial charge in [0.25, 0.3) is 0 Å². The van der Waals surface area contributed by atoms with Gasteiger partial charge >= 0.3 is 0 Å². The molecule has 3 nitrogen and oxygen atoms in total. The van der Waals surface area contributed by atoms with Crippen LogP contribution in [0.15, 0.2) is 0 Å². The van der Waals surface area contributed by atoms with Gasteiger partial charge in [-0.3, -0.25) is 5.84 Å². The smallest absolute Gasteiger partial charge is 0.0113 e. The van der Waals surface area contributed by atoms with Gasteiger partial charge in [0.1, 0.15) is 0 Å². The summed E-state index contributed by atoms with van der Waals surface area (Å²) < 4.78 is 0. The van der Waals surface area contributed by atoms with E-state index in [0.29, 0.717) is 0 Å². The van der Waals surface area contributed by atoms with E-state index in [1.807, 2.05) is 0 Å². The predicted molar refractivity (Wildman–Crippen MR) is 67.2 cm³/mol. The number of hydrogen-bond donors (Lipinski definition) is 3. The third-order valence-corrected chi connectivity index (χ3v) is 2.76. The first-order chi connectivity index (χ1) is 7.41. The zero-order valence-corrected chi connectivity index (χ0v) is 10.4. The normalized spacial score (nSPS) is 10.8. The van der Waals surface area contributed by atoms with E-state index < -0.39 is 0 Å². The van der Waals surface area contributed by atoms with Crippen LogP contribution in [0, 0.1) is 0 Å². The predicted octanol–water partition coefficient (Wildman–Crippen LogP) is 2.88. The molecule has 0 spiro atoms. The summed E-state index contributed by atoms with van der Waals surface area (Å²) in [6.07, 6.45) is 13.8. The molecule has 0 bridgehead atoms. The Morgan fingerprint density at radius 3 is 1.67 bits per heavy atom.